The van der Waals surface area contributed by atoms with Gasteiger partial charge in [-0.1, -0.05) is 0 Å². The summed E-state index contributed by atoms with van der Waals surface area (Å²) >= 11 is 0. The number of nitrogens with two attached hydrogens (primary N) is 1. The van der Waals surface area contributed by atoms with Gasteiger partial charge in [-0.05, 0) is 57.9 Å². The largest absolute Gasteiger partial charge is 0.342 e. The van der Waals surface area contributed by atoms with E-state index < -0.39 is 0 Å². The zero-order valence-corrected chi connectivity index (χ0v) is 13.8. The molecule has 0 aliphatic heterocycles. The minimum absolute atomic E-state index is 0.0303. The average Bonchev–Trinajstić information content (AvgIpc) is 2.49. The van der Waals surface area contributed by atoms with Crippen LogP contribution >= 0.6 is 0 Å². The monoisotopic (exact) mass is 297 g/mol. The van der Waals surface area contributed by atoms with Crippen molar-refractivity contribution in [2.45, 2.75) is 46.0 Å². The normalized spacial score (nSPS) is 21.9. The summed E-state index contributed by atoms with van der Waals surface area (Å²) in [6.45, 7) is 6.26. The number of rotatable bonds is 7. The summed E-state index contributed by atoms with van der Waals surface area (Å²) in [5.74, 6) is 1.22. The van der Waals surface area contributed by atoms with Crippen LogP contribution in [0.1, 0.15) is 46.0 Å². The van der Waals surface area contributed by atoms with E-state index in [1.54, 1.807) is 16.8 Å². The number of likely N-dealkylation sites (N-methyl/N-ethyl adjacent to an activating group) is 2. The smallest absolute Gasteiger partial charge is 0.242 e. The highest BCUT2D eigenvalue weighted by Gasteiger charge is 2.24. The third-order valence-corrected chi connectivity index (χ3v) is 4.68. The first-order chi connectivity index (χ1) is 10.0. The summed E-state index contributed by atoms with van der Waals surface area (Å²) in [6, 6.07) is 0. The van der Waals surface area contributed by atoms with Crippen molar-refractivity contribution in [3.05, 3.63) is 0 Å². The second kappa shape index (κ2) is 9.03. The van der Waals surface area contributed by atoms with Crippen molar-refractivity contribution in [1.82, 2.24) is 9.80 Å². The Morgan fingerprint density at radius 1 is 1.00 bits per heavy atom. The molecule has 0 atom stereocenters. The van der Waals surface area contributed by atoms with E-state index in [2.05, 4.69) is 0 Å². The Kier molecular flexibility index (Phi) is 7.72. The summed E-state index contributed by atoms with van der Waals surface area (Å²) in [5, 5.41) is 0. The number of nitrogens with zero attached hydrogens (tertiary/aromatic N) is 2. The van der Waals surface area contributed by atoms with Gasteiger partial charge in [0.15, 0.2) is 0 Å². The van der Waals surface area contributed by atoms with Crippen LogP contribution in [0, 0.1) is 11.8 Å². The SMILES string of the molecule is CCN(CC)C(=O)CN(C)C(=O)CC1CCC(CN)CC1. The van der Waals surface area contributed by atoms with E-state index >= 15 is 0 Å². The molecule has 2 amide bonds. The molecule has 1 aliphatic carbocycles. The van der Waals surface area contributed by atoms with Gasteiger partial charge in [-0.2, -0.15) is 0 Å². The highest BCUT2D eigenvalue weighted by atomic mass is 16.2. The third-order valence-electron chi connectivity index (χ3n) is 4.68. The summed E-state index contributed by atoms with van der Waals surface area (Å²) in [7, 11) is 1.73. The van der Waals surface area contributed by atoms with Gasteiger partial charge in [0.25, 0.3) is 0 Å². The fraction of sp³-hybridized carbons (Fsp3) is 0.875. The lowest BCUT2D eigenvalue weighted by Crippen LogP contribution is -2.41. The van der Waals surface area contributed by atoms with Crippen LogP contribution < -0.4 is 5.73 Å². The number of hydrogen-bond donors (Lipinski definition) is 1. The van der Waals surface area contributed by atoms with Gasteiger partial charge < -0.3 is 15.5 Å². The van der Waals surface area contributed by atoms with E-state index in [1.807, 2.05) is 13.8 Å². The first kappa shape index (κ1) is 18.0. The fourth-order valence-electron chi connectivity index (χ4n) is 3.04. The van der Waals surface area contributed by atoms with Crippen LogP contribution in [0.3, 0.4) is 0 Å². The van der Waals surface area contributed by atoms with E-state index in [-0.39, 0.29) is 18.4 Å². The molecule has 5 heteroatoms. The summed E-state index contributed by atoms with van der Waals surface area (Å²) < 4.78 is 0. The first-order valence-electron chi connectivity index (χ1n) is 8.23. The number of amides is 2. The van der Waals surface area contributed by atoms with Crippen LogP contribution in [-0.2, 0) is 9.59 Å². The van der Waals surface area contributed by atoms with Crippen LogP contribution in [0.15, 0.2) is 0 Å². The molecule has 1 saturated carbocycles. The van der Waals surface area contributed by atoms with Gasteiger partial charge in [0, 0.05) is 26.6 Å². The fourth-order valence-corrected chi connectivity index (χ4v) is 3.04. The van der Waals surface area contributed by atoms with E-state index in [9.17, 15) is 9.59 Å². The Labute approximate surface area is 128 Å². The number of carbonyl (C=O) groups is 2. The second-order valence-corrected chi connectivity index (χ2v) is 6.14. The van der Waals surface area contributed by atoms with Crippen molar-refractivity contribution < 1.29 is 9.59 Å². The standard InChI is InChI=1S/C16H31N3O2/c1-4-19(5-2)16(21)12-18(3)15(20)10-13-6-8-14(11-17)9-7-13/h13-14H,4-12,17H2,1-3H3. The molecule has 0 bridgehead atoms. The van der Waals surface area contributed by atoms with E-state index in [0.29, 0.717) is 31.3 Å². The molecule has 0 spiro atoms. The van der Waals surface area contributed by atoms with Crippen molar-refractivity contribution in [3.8, 4) is 0 Å². The van der Waals surface area contributed by atoms with Crippen molar-refractivity contribution in [3.63, 3.8) is 0 Å². The molecule has 1 aliphatic rings. The first-order valence-corrected chi connectivity index (χ1v) is 8.23. The van der Waals surface area contributed by atoms with Gasteiger partial charge in [-0.15, -0.1) is 0 Å². The Hall–Kier alpha value is -1.10. The van der Waals surface area contributed by atoms with Crippen LogP contribution in [0.4, 0.5) is 0 Å². The molecular weight excluding hydrogens is 266 g/mol. The van der Waals surface area contributed by atoms with Crippen molar-refractivity contribution in [2.24, 2.45) is 17.6 Å². The zero-order valence-electron chi connectivity index (χ0n) is 13.8. The van der Waals surface area contributed by atoms with Gasteiger partial charge in [0.1, 0.15) is 0 Å². The predicted octanol–water partition coefficient (Wildman–Crippen LogP) is 1.47. The van der Waals surface area contributed by atoms with E-state index in [0.717, 1.165) is 32.2 Å². The van der Waals surface area contributed by atoms with Crippen LogP contribution in [0.25, 0.3) is 0 Å². The third kappa shape index (κ3) is 5.65. The topological polar surface area (TPSA) is 66.6 Å². The number of carbonyl (C=O) groups excluding carboxylic acids is 2. The van der Waals surface area contributed by atoms with E-state index in [4.69, 9.17) is 5.73 Å². The maximum absolute atomic E-state index is 12.2. The van der Waals surface area contributed by atoms with Crippen molar-refractivity contribution in [1.29, 1.82) is 0 Å². The highest BCUT2D eigenvalue weighted by Crippen LogP contribution is 2.30. The van der Waals surface area contributed by atoms with Crippen LogP contribution in [0.5, 0.6) is 0 Å². The van der Waals surface area contributed by atoms with Gasteiger partial charge in [-0.25, -0.2) is 0 Å². The second-order valence-electron chi connectivity index (χ2n) is 6.14. The molecule has 122 valence electrons. The molecule has 5 nitrogen and oxygen atoms in total. The molecule has 0 aromatic carbocycles. The molecule has 0 aromatic heterocycles. The van der Waals surface area contributed by atoms with Gasteiger partial charge in [0.05, 0.1) is 6.54 Å². The Morgan fingerprint density at radius 2 is 1.52 bits per heavy atom. The predicted molar refractivity (Wildman–Crippen MR) is 84.7 cm³/mol. The van der Waals surface area contributed by atoms with Crippen LogP contribution in [-0.4, -0.2) is 54.8 Å². The lowest BCUT2D eigenvalue weighted by Gasteiger charge is -2.29. The maximum atomic E-state index is 12.2. The summed E-state index contributed by atoms with van der Waals surface area (Å²) in [6.07, 6.45) is 5.02. The highest BCUT2D eigenvalue weighted by molar-refractivity contribution is 5.84. The number of hydrogen-bond acceptors (Lipinski definition) is 3. The molecule has 0 heterocycles. The van der Waals surface area contributed by atoms with Gasteiger partial charge in [-0.3, -0.25) is 9.59 Å². The minimum Gasteiger partial charge on any atom is -0.342 e. The quantitative estimate of drug-likeness (QED) is 0.774. The van der Waals surface area contributed by atoms with Crippen LogP contribution in [0.2, 0.25) is 0 Å². The molecule has 0 saturated heterocycles. The van der Waals surface area contributed by atoms with Crippen molar-refractivity contribution >= 4 is 11.8 Å². The Morgan fingerprint density at radius 3 is 2.00 bits per heavy atom. The summed E-state index contributed by atoms with van der Waals surface area (Å²) in [4.78, 5) is 27.6. The molecular formula is C16H31N3O2. The molecule has 2 N–H and O–H groups in total. The molecule has 21 heavy (non-hydrogen) atoms. The lowest BCUT2D eigenvalue weighted by molar-refractivity contribution is -0.139. The molecule has 0 radical (unpaired) electrons. The zero-order chi connectivity index (χ0) is 15.8. The Balaban J connectivity index is 2.36. The minimum atomic E-state index is 0.0303. The molecule has 1 fully saturated rings. The Bertz CT molecular complexity index is 334. The van der Waals surface area contributed by atoms with E-state index in [1.165, 1.54) is 0 Å². The van der Waals surface area contributed by atoms with Crippen molar-refractivity contribution in [2.75, 3.05) is 33.2 Å². The van der Waals surface area contributed by atoms with Gasteiger partial charge >= 0.3 is 0 Å². The summed E-state index contributed by atoms with van der Waals surface area (Å²) in [5.41, 5.74) is 5.69. The van der Waals surface area contributed by atoms with Gasteiger partial charge in [0.2, 0.25) is 11.8 Å². The molecule has 0 unspecified atom stereocenters. The lowest BCUT2D eigenvalue weighted by atomic mass is 9.80. The molecule has 1 rings (SSSR count). The maximum Gasteiger partial charge on any atom is 0.242 e. The molecule has 0 aromatic rings. The average molecular weight is 297 g/mol.